The Morgan fingerprint density at radius 1 is 0.947 bits per heavy atom. The molecule has 0 aliphatic heterocycles. The largest absolute Gasteiger partial charge is 0.307 e. The molecule has 0 bridgehead atoms. The molecule has 1 aromatic rings. The number of hydrogen-bond donors (Lipinski definition) is 1. The van der Waals surface area contributed by atoms with Crippen molar-refractivity contribution in [2.24, 2.45) is 11.8 Å². The molecule has 0 aromatic heterocycles. The molecule has 19 heavy (non-hydrogen) atoms. The molecule has 0 radical (unpaired) electrons. The summed E-state index contributed by atoms with van der Waals surface area (Å²) in [5.74, 6) is 1.20. The van der Waals surface area contributed by atoms with Crippen molar-refractivity contribution < 1.29 is 4.39 Å². The van der Waals surface area contributed by atoms with Gasteiger partial charge in [0.15, 0.2) is 0 Å². The van der Waals surface area contributed by atoms with Crippen molar-refractivity contribution in [3.63, 3.8) is 0 Å². The predicted octanol–water partition coefficient (Wildman–Crippen LogP) is 4.94. The van der Waals surface area contributed by atoms with Crippen LogP contribution in [0.15, 0.2) is 24.3 Å². The second-order valence-corrected chi connectivity index (χ2v) is 6.37. The Kier molecular flexibility index (Phi) is 6.50. The van der Waals surface area contributed by atoms with E-state index in [1.807, 2.05) is 19.1 Å². The highest BCUT2D eigenvalue weighted by Crippen LogP contribution is 2.20. The van der Waals surface area contributed by atoms with Crippen LogP contribution in [0.25, 0.3) is 0 Å². The van der Waals surface area contributed by atoms with E-state index in [0.29, 0.717) is 17.9 Å². The molecule has 1 N–H and O–H groups in total. The smallest absolute Gasteiger partial charge is 0.127 e. The van der Waals surface area contributed by atoms with Crippen LogP contribution >= 0.6 is 0 Å². The first kappa shape index (κ1) is 16.2. The molecule has 2 heteroatoms. The van der Waals surface area contributed by atoms with Crippen LogP contribution in [0.2, 0.25) is 0 Å². The zero-order chi connectivity index (χ0) is 14.4. The first-order valence-corrected chi connectivity index (χ1v) is 7.40. The minimum absolute atomic E-state index is 0.0590. The molecular formula is C17H28FN. The lowest BCUT2D eigenvalue weighted by molar-refractivity contribution is 0.332. The maximum Gasteiger partial charge on any atom is 0.127 e. The van der Waals surface area contributed by atoms with Crippen LogP contribution in [0.3, 0.4) is 0 Å². The van der Waals surface area contributed by atoms with Gasteiger partial charge in [-0.05, 0) is 37.7 Å². The maximum atomic E-state index is 13.8. The summed E-state index contributed by atoms with van der Waals surface area (Å²) < 4.78 is 13.8. The molecule has 1 nitrogen and oxygen atoms in total. The van der Waals surface area contributed by atoms with Gasteiger partial charge in [-0.25, -0.2) is 4.39 Å². The van der Waals surface area contributed by atoms with Gasteiger partial charge < -0.3 is 5.32 Å². The number of hydrogen-bond acceptors (Lipinski definition) is 1. The summed E-state index contributed by atoms with van der Waals surface area (Å²) in [6.07, 6.45) is 2.27. The lowest BCUT2D eigenvalue weighted by Gasteiger charge is -2.26. The van der Waals surface area contributed by atoms with Gasteiger partial charge in [0.05, 0.1) is 0 Å². The molecule has 1 unspecified atom stereocenters. The van der Waals surface area contributed by atoms with E-state index < -0.39 is 0 Å². The topological polar surface area (TPSA) is 12.0 Å². The molecule has 0 spiro atoms. The second-order valence-electron chi connectivity index (χ2n) is 6.37. The minimum atomic E-state index is -0.115. The summed E-state index contributed by atoms with van der Waals surface area (Å²) >= 11 is 0. The highest BCUT2D eigenvalue weighted by molar-refractivity contribution is 5.20. The zero-order valence-electron chi connectivity index (χ0n) is 12.9. The Balaban J connectivity index is 2.70. The van der Waals surface area contributed by atoms with Gasteiger partial charge in [-0.3, -0.25) is 0 Å². The van der Waals surface area contributed by atoms with Gasteiger partial charge >= 0.3 is 0 Å². The molecule has 0 aliphatic rings. The van der Waals surface area contributed by atoms with Crippen LogP contribution in [0.1, 0.15) is 59.1 Å². The highest BCUT2D eigenvalue weighted by Gasteiger charge is 2.17. The summed E-state index contributed by atoms with van der Waals surface area (Å²) in [7, 11) is 0. The molecule has 1 rings (SSSR count). The van der Waals surface area contributed by atoms with Crippen molar-refractivity contribution in [1.82, 2.24) is 5.32 Å². The van der Waals surface area contributed by atoms with Crippen LogP contribution < -0.4 is 5.32 Å². The first-order valence-electron chi connectivity index (χ1n) is 7.40. The van der Waals surface area contributed by atoms with Gasteiger partial charge in [-0.15, -0.1) is 0 Å². The fraction of sp³-hybridized carbons (Fsp3) is 0.647. The van der Waals surface area contributed by atoms with E-state index in [-0.39, 0.29) is 11.9 Å². The fourth-order valence-corrected chi connectivity index (χ4v) is 2.64. The predicted molar refractivity (Wildman–Crippen MR) is 80.6 cm³/mol. The van der Waals surface area contributed by atoms with Crippen LogP contribution in [-0.4, -0.2) is 6.04 Å². The Morgan fingerprint density at radius 2 is 1.47 bits per heavy atom. The van der Waals surface area contributed by atoms with E-state index in [1.165, 1.54) is 6.07 Å². The SMILES string of the molecule is CC(C)CC(CC(C)C)NC(C)c1ccccc1F. The number of benzene rings is 1. The van der Waals surface area contributed by atoms with Gasteiger partial charge in [0.25, 0.3) is 0 Å². The normalized spacial score (nSPS) is 13.5. The van der Waals surface area contributed by atoms with Gasteiger partial charge in [0.1, 0.15) is 5.82 Å². The fourth-order valence-electron chi connectivity index (χ4n) is 2.64. The lowest BCUT2D eigenvalue weighted by Crippen LogP contribution is -2.34. The summed E-state index contributed by atoms with van der Waals surface area (Å²) in [6, 6.07) is 7.56. The van der Waals surface area contributed by atoms with Gasteiger partial charge in [-0.2, -0.15) is 0 Å². The number of halogens is 1. The van der Waals surface area contributed by atoms with Crippen molar-refractivity contribution in [3.05, 3.63) is 35.6 Å². The second kappa shape index (κ2) is 7.64. The summed E-state index contributed by atoms with van der Waals surface area (Å²) in [4.78, 5) is 0. The molecule has 0 saturated carbocycles. The molecule has 0 amide bonds. The molecule has 108 valence electrons. The summed E-state index contributed by atoms with van der Waals surface area (Å²) in [5.41, 5.74) is 0.764. The number of rotatable bonds is 7. The van der Waals surface area contributed by atoms with Crippen molar-refractivity contribution in [2.45, 2.75) is 59.5 Å². The van der Waals surface area contributed by atoms with Crippen LogP contribution in [0.5, 0.6) is 0 Å². The van der Waals surface area contributed by atoms with Crippen molar-refractivity contribution >= 4 is 0 Å². The van der Waals surface area contributed by atoms with E-state index in [2.05, 4.69) is 33.0 Å². The molecular weight excluding hydrogens is 237 g/mol. The first-order chi connectivity index (χ1) is 8.90. The van der Waals surface area contributed by atoms with Crippen LogP contribution in [0.4, 0.5) is 4.39 Å². The van der Waals surface area contributed by atoms with Crippen molar-refractivity contribution in [3.8, 4) is 0 Å². The third kappa shape index (κ3) is 5.73. The van der Waals surface area contributed by atoms with Crippen molar-refractivity contribution in [2.75, 3.05) is 0 Å². The quantitative estimate of drug-likeness (QED) is 0.736. The monoisotopic (exact) mass is 265 g/mol. The minimum Gasteiger partial charge on any atom is -0.307 e. The van der Waals surface area contributed by atoms with Crippen LogP contribution in [0, 0.1) is 17.7 Å². The lowest BCUT2D eigenvalue weighted by atomic mass is 9.94. The highest BCUT2D eigenvalue weighted by atomic mass is 19.1. The summed E-state index contributed by atoms with van der Waals surface area (Å²) in [5, 5.41) is 3.60. The van der Waals surface area contributed by atoms with Gasteiger partial charge in [-0.1, -0.05) is 45.9 Å². The van der Waals surface area contributed by atoms with E-state index in [9.17, 15) is 4.39 Å². The van der Waals surface area contributed by atoms with E-state index >= 15 is 0 Å². The van der Waals surface area contributed by atoms with Gasteiger partial charge in [0.2, 0.25) is 0 Å². The third-order valence-corrected chi connectivity index (χ3v) is 3.37. The molecule has 1 aromatic carbocycles. The molecule has 0 aliphatic carbocycles. The Bertz CT molecular complexity index is 363. The van der Waals surface area contributed by atoms with E-state index in [4.69, 9.17) is 0 Å². The standard InChI is InChI=1S/C17H28FN/c1-12(2)10-15(11-13(3)4)19-14(5)16-8-6-7-9-17(16)18/h6-9,12-15,19H,10-11H2,1-5H3. The average Bonchev–Trinajstić information content (AvgIpc) is 2.27. The zero-order valence-corrected chi connectivity index (χ0v) is 12.9. The summed E-state index contributed by atoms with van der Waals surface area (Å²) in [6.45, 7) is 11.0. The molecule has 0 fully saturated rings. The number of nitrogens with one attached hydrogen (secondary N) is 1. The third-order valence-electron chi connectivity index (χ3n) is 3.37. The molecule has 1 atom stereocenters. The van der Waals surface area contributed by atoms with E-state index in [1.54, 1.807) is 6.07 Å². The Morgan fingerprint density at radius 3 is 1.95 bits per heavy atom. The maximum absolute atomic E-state index is 13.8. The Labute approximate surface area is 117 Å². The van der Waals surface area contributed by atoms with E-state index in [0.717, 1.165) is 18.4 Å². The van der Waals surface area contributed by atoms with Crippen molar-refractivity contribution in [1.29, 1.82) is 0 Å². The molecule has 0 heterocycles. The van der Waals surface area contributed by atoms with Crippen LogP contribution in [-0.2, 0) is 0 Å². The molecule has 0 saturated heterocycles. The van der Waals surface area contributed by atoms with Gasteiger partial charge in [0, 0.05) is 17.6 Å². The average molecular weight is 265 g/mol. The Hall–Kier alpha value is -0.890.